The lowest BCUT2D eigenvalue weighted by Crippen LogP contribution is -2.26. The summed E-state index contributed by atoms with van der Waals surface area (Å²) in [5, 5.41) is 18.4. The Labute approximate surface area is 114 Å². The number of benzene rings is 1. The number of hydrogen-bond donors (Lipinski definition) is 2. The summed E-state index contributed by atoms with van der Waals surface area (Å²) in [6, 6.07) is 7.29. The van der Waals surface area contributed by atoms with Gasteiger partial charge < -0.3 is 15.1 Å². The van der Waals surface area contributed by atoms with Crippen molar-refractivity contribution in [2.24, 2.45) is 0 Å². The highest BCUT2D eigenvalue weighted by Crippen LogP contribution is 2.20. The molecule has 0 aliphatic rings. The Morgan fingerprint density at radius 1 is 1.15 bits per heavy atom. The topological polar surface area (TPSA) is 90.7 Å². The highest BCUT2D eigenvalue weighted by atomic mass is 16.4. The van der Waals surface area contributed by atoms with Gasteiger partial charge in [0, 0.05) is 18.9 Å². The van der Waals surface area contributed by atoms with Crippen molar-refractivity contribution >= 4 is 17.6 Å². The van der Waals surface area contributed by atoms with Gasteiger partial charge in [0.05, 0.1) is 17.3 Å². The number of carboxylic acid groups (broad SMARTS) is 1. The van der Waals surface area contributed by atoms with E-state index >= 15 is 0 Å². The normalized spacial score (nSPS) is 10.1. The molecule has 6 heteroatoms. The van der Waals surface area contributed by atoms with E-state index in [-0.39, 0.29) is 16.9 Å². The van der Waals surface area contributed by atoms with E-state index in [0.29, 0.717) is 5.69 Å². The van der Waals surface area contributed by atoms with Crippen LogP contribution in [0.25, 0.3) is 0 Å². The second kappa shape index (κ2) is 5.40. The lowest BCUT2D eigenvalue weighted by atomic mass is 10.1. The molecule has 0 atom stereocenters. The van der Waals surface area contributed by atoms with Gasteiger partial charge in [0.2, 0.25) is 0 Å². The number of carbonyl (C=O) groups excluding carboxylic acids is 1. The second-order valence-electron chi connectivity index (χ2n) is 4.11. The van der Waals surface area contributed by atoms with Crippen LogP contribution >= 0.6 is 0 Å². The molecule has 0 unspecified atom stereocenters. The smallest absolute Gasteiger partial charge is 0.335 e. The number of aromatic nitrogens is 1. The van der Waals surface area contributed by atoms with E-state index in [1.54, 1.807) is 0 Å². The van der Waals surface area contributed by atoms with Crippen LogP contribution in [0.2, 0.25) is 0 Å². The molecule has 0 aliphatic carbocycles. The summed E-state index contributed by atoms with van der Waals surface area (Å²) >= 11 is 0. The number of anilines is 1. The summed E-state index contributed by atoms with van der Waals surface area (Å²) in [6.45, 7) is 0. The largest absolute Gasteiger partial charge is 0.505 e. The Bertz CT molecular complexity index is 652. The minimum Gasteiger partial charge on any atom is -0.505 e. The van der Waals surface area contributed by atoms with Crippen molar-refractivity contribution in [2.75, 3.05) is 11.9 Å². The molecule has 0 spiro atoms. The predicted octanol–water partition coefficient (Wildman–Crippen LogP) is 1.76. The number of rotatable bonds is 3. The molecule has 1 heterocycles. The minimum atomic E-state index is -1.03. The predicted molar refractivity (Wildman–Crippen MR) is 72.0 cm³/mol. The van der Waals surface area contributed by atoms with Crippen LogP contribution in [0.5, 0.6) is 5.75 Å². The first-order valence-electron chi connectivity index (χ1n) is 5.75. The fraction of sp³-hybridized carbons (Fsp3) is 0.0714. The molecule has 2 aromatic rings. The number of hydrogen-bond acceptors (Lipinski definition) is 4. The summed E-state index contributed by atoms with van der Waals surface area (Å²) in [5.74, 6) is -1.64. The molecular weight excluding hydrogens is 260 g/mol. The van der Waals surface area contributed by atoms with Gasteiger partial charge in [0.15, 0.2) is 0 Å². The Morgan fingerprint density at radius 3 is 2.35 bits per heavy atom. The van der Waals surface area contributed by atoms with Crippen LogP contribution in [0.3, 0.4) is 0 Å². The number of carboxylic acids is 1. The number of aromatic carboxylic acids is 1. The van der Waals surface area contributed by atoms with Crippen LogP contribution in [-0.2, 0) is 0 Å². The third-order valence-electron chi connectivity index (χ3n) is 2.84. The molecule has 102 valence electrons. The van der Waals surface area contributed by atoms with Crippen LogP contribution in [0.15, 0.2) is 42.7 Å². The highest BCUT2D eigenvalue weighted by molar-refractivity contribution is 6.07. The first-order valence-corrected chi connectivity index (χ1v) is 5.75. The van der Waals surface area contributed by atoms with Crippen molar-refractivity contribution in [3.63, 3.8) is 0 Å². The molecule has 0 fully saturated rings. The maximum atomic E-state index is 12.2. The van der Waals surface area contributed by atoms with Crippen molar-refractivity contribution in [3.8, 4) is 5.75 Å². The van der Waals surface area contributed by atoms with E-state index < -0.39 is 11.9 Å². The van der Waals surface area contributed by atoms with Crippen molar-refractivity contribution in [1.82, 2.24) is 4.98 Å². The number of amides is 1. The number of nitrogens with zero attached hydrogens (tertiary/aromatic N) is 2. The molecule has 0 saturated heterocycles. The molecule has 0 aliphatic heterocycles. The fourth-order valence-electron chi connectivity index (χ4n) is 1.69. The van der Waals surface area contributed by atoms with Gasteiger partial charge >= 0.3 is 5.97 Å². The van der Waals surface area contributed by atoms with Crippen LogP contribution in [0.4, 0.5) is 5.69 Å². The van der Waals surface area contributed by atoms with Gasteiger partial charge in [0.25, 0.3) is 5.91 Å². The molecule has 6 nitrogen and oxygen atoms in total. The molecule has 20 heavy (non-hydrogen) atoms. The number of pyridine rings is 1. The average molecular weight is 272 g/mol. The molecule has 0 radical (unpaired) electrons. The van der Waals surface area contributed by atoms with Gasteiger partial charge in [-0.1, -0.05) is 0 Å². The lowest BCUT2D eigenvalue weighted by Gasteiger charge is -2.17. The zero-order chi connectivity index (χ0) is 14.7. The molecule has 1 aromatic heterocycles. The Morgan fingerprint density at radius 2 is 1.80 bits per heavy atom. The summed E-state index contributed by atoms with van der Waals surface area (Å²) in [5.41, 5.74) is 0.794. The van der Waals surface area contributed by atoms with Crippen LogP contribution in [0.1, 0.15) is 20.7 Å². The van der Waals surface area contributed by atoms with E-state index in [1.165, 1.54) is 54.7 Å². The quantitative estimate of drug-likeness (QED) is 0.888. The first kappa shape index (κ1) is 13.5. The van der Waals surface area contributed by atoms with E-state index in [0.717, 1.165) is 0 Å². The first-order chi connectivity index (χ1) is 9.50. The van der Waals surface area contributed by atoms with Crippen molar-refractivity contribution in [3.05, 3.63) is 53.9 Å². The van der Waals surface area contributed by atoms with E-state index in [2.05, 4.69) is 4.98 Å². The maximum absolute atomic E-state index is 12.2. The van der Waals surface area contributed by atoms with Crippen molar-refractivity contribution < 1.29 is 19.8 Å². The fourth-order valence-corrected chi connectivity index (χ4v) is 1.69. The van der Waals surface area contributed by atoms with Gasteiger partial charge in [-0.3, -0.25) is 9.78 Å². The average Bonchev–Trinajstić information content (AvgIpc) is 2.46. The third-order valence-corrected chi connectivity index (χ3v) is 2.84. The Balaban J connectivity index is 2.27. The molecule has 2 rings (SSSR count). The minimum absolute atomic E-state index is 0.129. The SMILES string of the molecule is CN(C(=O)c1ccncc1O)c1ccc(C(=O)O)cc1. The van der Waals surface area contributed by atoms with Gasteiger partial charge in [-0.25, -0.2) is 4.79 Å². The van der Waals surface area contributed by atoms with Gasteiger partial charge in [-0.15, -0.1) is 0 Å². The lowest BCUT2D eigenvalue weighted by molar-refractivity contribution is 0.0696. The molecule has 0 saturated carbocycles. The zero-order valence-electron chi connectivity index (χ0n) is 10.6. The molecular formula is C14H12N2O4. The molecule has 0 bridgehead atoms. The highest BCUT2D eigenvalue weighted by Gasteiger charge is 2.17. The van der Waals surface area contributed by atoms with Crippen LogP contribution in [0, 0.1) is 0 Å². The summed E-state index contributed by atoms with van der Waals surface area (Å²) in [6.07, 6.45) is 2.60. The summed E-state index contributed by atoms with van der Waals surface area (Å²) in [4.78, 5) is 28.0. The van der Waals surface area contributed by atoms with Crippen molar-refractivity contribution in [1.29, 1.82) is 0 Å². The summed E-state index contributed by atoms with van der Waals surface area (Å²) in [7, 11) is 1.54. The molecule has 1 amide bonds. The zero-order valence-corrected chi connectivity index (χ0v) is 10.6. The monoisotopic (exact) mass is 272 g/mol. The van der Waals surface area contributed by atoms with Crippen LogP contribution in [-0.4, -0.2) is 34.1 Å². The molecule has 1 aromatic carbocycles. The van der Waals surface area contributed by atoms with E-state index in [9.17, 15) is 14.7 Å². The van der Waals surface area contributed by atoms with Crippen LogP contribution < -0.4 is 4.90 Å². The summed E-state index contributed by atoms with van der Waals surface area (Å²) < 4.78 is 0. The maximum Gasteiger partial charge on any atom is 0.335 e. The van der Waals surface area contributed by atoms with E-state index in [1.807, 2.05) is 0 Å². The van der Waals surface area contributed by atoms with Gasteiger partial charge in [0.1, 0.15) is 5.75 Å². The number of aromatic hydroxyl groups is 1. The van der Waals surface area contributed by atoms with E-state index in [4.69, 9.17) is 5.11 Å². The molecule has 2 N–H and O–H groups in total. The van der Waals surface area contributed by atoms with Gasteiger partial charge in [-0.05, 0) is 30.3 Å². The Hall–Kier alpha value is -2.89. The third kappa shape index (κ3) is 2.59. The second-order valence-corrected chi connectivity index (χ2v) is 4.11. The van der Waals surface area contributed by atoms with Gasteiger partial charge in [-0.2, -0.15) is 0 Å². The standard InChI is InChI=1S/C14H12N2O4/c1-16(10-4-2-9(3-5-10)14(19)20)13(18)11-6-7-15-8-12(11)17/h2-8,17H,1H3,(H,19,20). The Kier molecular flexibility index (Phi) is 3.65. The van der Waals surface area contributed by atoms with Crippen molar-refractivity contribution in [2.45, 2.75) is 0 Å². The number of carbonyl (C=O) groups is 2.